The first kappa shape index (κ1) is 11.1. The van der Waals surface area contributed by atoms with E-state index in [1.807, 2.05) is 30.3 Å². The average Bonchev–Trinajstić information content (AvgIpc) is 2.37. The van der Waals surface area contributed by atoms with E-state index >= 15 is 0 Å². The van der Waals surface area contributed by atoms with E-state index in [0.717, 1.165) is 5.56 Å². The second-order valence-electron chi connectivity index (χ2n) is 3.56. The van der Waals surface area contributed by atoms with Crippen molar-refractivity contribution < 1.29 is 9.52 Å². The lowest BCUT2D eigenvalue weighted by atomic mass is 10.1. The molecule has 0 atom stereocenters. The maximum Gasteiger partial charge on any atom is 0.191 e. The average molecular weight is 225 g/mol. The third-order valence-corrected chi connectivity index (χ3v) is 2.29. The van der Waals surface area contributed by atoms with E-state index in [9.17, 15) is 10.0 Å². The van der Waals surface area contributed by atoms with Crippen LogP contribution in [0.1, 0.15) is 15.9 Å². The van der Waals surface area contributed by atoms with Crippen molar-refractivity contribution in [1.82, 2.24) is 0 Å². The van der Waals surface area contributed by atoms with Crippen LogP contribution in [0, 0.1) is 5.21 Å². The molecule has 84 valence electrons. The minimum Gasteiger partial charge on any atom is -0.619 e. The summed E-state index contributed by atoms with van der Waals surface area (Å²) in [6.45, 7) is 0. The molecule has 0 N–H and O–H groups in total. The fourth-order valence-corrected chi connectivity index (χ4v) is 1.43. The Bertz CT molecular complexity index is 547. The van der Waals surface area contributed by atoms with Crippen molar-refractivity contribution >= 4 is 11.9 Å². The van der Waals surface area contributed by atoms with Crippen molar-refractivity contribution in [2.45, 2.75) is 0 Å². The molecule has 1 heterocycles. The number of hydrogen-bond donors (Lipinski definition) is 0. The Morgan fingerprint density at radius 2 is 1.88 bits per heavy atom. The molecular weight excluding hydrogens is 214 g/mol. The number of benzene rings is 1. The standard InChI is InChI=1S/C14H11NO2/c16-14(13-7-4-10-15(17)11-13)9-8-12-5-2-1-3-6-12/h1-11H/b9-8-. The molecular formula is C14H11NO2. The minimum atomic E-state index is -0.181. The van der Waals surface area contributed by atoms with E-state index in [2.05, 4.69) is 0 Å². The number of rotatable bonds is 3. The van der Waals surface area contributed by atoms with Gasteiger partial charge in [0.1, 0.15) is 0 Å². The summed E-state index contributed by atoms with van der Waals surface area (Å²) in [5.41, 5.74) is 1.33. The normalized spacial score (nSPS) is 10.6. The molecule has 0 aliphatic carbocycles. The van der Waals surface area contributed by atoms with Gasteiger partial charge in [-0.25, -0.2) is 0 Å². The van der Waals surface area contributed by atoms with Gasteiger partial charge in [-0.15, -0.1) is 0 Å². The molecule has 0 radical (unpaired) electrons. The number of aromatic nitrogens is 1. The number of pyridine rings is 1. The van der Waals surface area contributed by atoms with Crippen LogP contribution >= 0.6 is 0 Å². The van der Waals surface area contributed by atoms with Gasteiger partial charge in [-0.2, -0.15) is 4.73 Å². The van der Waals surface area contributed by atoms with Crippen molar-refractivity contribution in [1.29, 1.82) is 0 Å². The van der Waals surface area contributed by atoms with Crippen LogP contribution in [0.15, 0.2) is 60.9 Å². The van der Waals surface area contributed by atoms with Crippen molar-refractivity contribution in [2.75, 3.05) is 0 Å². The van der Waals surface area contributed by atoms with E-state index in [1.165, 1.54) is 18.5 Å². The topological polar surface area (TPSA) is 44.0 Å². The van der Waals surface area contributed by atoms with Gasteiger partial charge in [0.25, 0.3) is 0 Å². The van der Waals surface area contributed by atoms with Crippen LogP contribution in [0.4, 0.5) is 0 Å². The van der Waals surface area contributed by atoms with Crippen molar-refractivity contribution in [3.63, 3.8) is 0 Å². The first-order valence-electron chi connectivity index (χ1n) is 5.22. The summed E-state index contributed by atoms with van der Waals surface area (Å²) in [6.07, 6.45) is 5.80. The van der Waals surface area contributed by atoms with Gasteiger partial charge in [0, 0.05) is 6.07 Å². The number of carbonyl (C=O) groups excluding carboxylic acids is 1. The summed E-state index contributed by atoms with van der Waals surface area (Å²) in [7, 11) is 0. The summed E-state index contributed by atoms with van der Waals surface area (Å²) >= 11 is 0. The van der Waals surface area contributed by atoms with Crippen LogP contribution in [0.5, 0.6) is 0 Å². The lowest BCUT2D eigenvalue weighted by Gasteiger charge is -1.97. The second kappa shape index (κ2) is 5.07. The predicted molar refractivity (Wildman–Crippen MR) is 65.2 cm³/mol. The fourth-order valence-electron chi connectivity index (χ4n) is 1.43. The monoisotopic (exact) mass is 225 g/mol. The number of ketones is 1. The SMILES string of the molecule is O=C(/C=C\c1ccccc1)c1ccc[n+]([O-])c1. The van der Waals surface area contributed by atoms with Gasteiger partial charge >= 0.3 is 0 Å². The van der Waals surface area contributed by atoms with Gasteiger partial charge in [-0.3, -0.25) is 4.79 Å². The zero-order valence-electron chi connectivity index (χ0n) is 9.11. The highest BCUT2D eigenvalue weighted by molar-refractivity contribution is 6.06. The van der Waals surface area contributed by atoms with Crippen molar-refractivity contribution in [3.05, 3.63) is 77.3 Å². The number of carbonyl (C=O) groups is 1. The summed E-state index contributed by atoms with van der Waals surface area (Å²) in [4.78, 5) is 11.7. The molecule has 3 heteroatoms. The lowest BCUT2D eigenvalue weighted by molar-refractivity contribution is -0.605. The molecule has 0 fully saturated rings. The van der Waals surface area contributed by atoms with Crippen molar-refractivity contribution in [3.8, 4) is 0 Å². The zero-order chi connectivity index (χ0) is 12.1. The molecule has 17 heavy (non-hydrogen) atoms. The van der Waals surface area contributed by atoms with E-state index in [0.29, 0.717) is 10.3 Å². The molecule has 2 aromatic rings. The van der Waals surface area contributed by atoms with Gasteiger partial charge in [-0.1, -0.05) is 36.4 Å². The van der Waals surface area contributed by atoms with Crippen LogP contribution in [0.3, 0.4) is 0 Å². The lowest BCUT2D eigenvalue weighted by Crippen LogP contribution is -2.25. The Morgan fingerprint density at radius 1 is 1.12 bits per heavy atom. The van der Waals surface area contributed by atoms with Crippen LogP contribution in [-0.2, 0) is 0 Å². The smallest absolute Gasteiger partial charge is 0.191 e. The largest absolute Gasteiger partial charge is 0.619 e. The highest BCUT2D eigenvalue weighted by atomic mass is 16.5. The van der Waals surface area contributed by atoms with Crippen LogP contribution in [-0.4, -0.2) is 5.78 Å². The number of nitrogens with zero attached hydrogens (tertiary/aromatic N) is 1. The predicted octanol–water partition coefficient (Wildman–Crippen LogP) is 2.22. The summed E-state index contributed by atoms with van der Waals surface area (Å²) in [5, 5.41) is 11.0. The Labute approximate surface area is 99.2 Å². The Hall–Kier alpha value is -2.42. The van der Waals surface area contributed by atoms with Gasteiger partial charge in [0.05, 0.1) is 5.56 Å². The first-order valence-corrected chi connectivity index (χ1v) is 5.22. The van der Waals surface area contributed by atoms with E-state index in [1.54, 1.807) is 18.2 Å². The molecule has 0 bridgehead atoms. The highest BCUT2D eigenvalue weighted by Gasteiger charge is 2.04. The maximum atomic E-state index is 11.7. The molecule has 0 unspecified atom stereocenters. The second-order valence-corrected chi connectivity index (χ2v) is 3.56. The third-order valence-electron chi connectivity index (χ3n) is 2.29. The van der Waals surface area contributed by atoms with Crippen LogP contribution in [0.2, 0.25) is 0 Å². The molecule has 1 aromatic carbocycles. The maximum absolute atomic E-state index is 11.7. The van der Waals surface area contributed by atoms with E-state index < -0.39 is 0 Å². The number of hydrogen-bond acceptors (Lipinski definition) is 2. The Morgan fingerprint density at radius 3 is 2.59 bits per heavy atom. The Balaban J connectivity index is 2.15. The molecule has 3 nitrogen and oxygen atoms in total. The summed E-state index contributed by atoms with van der Waals surface area (Å²) < 4.78 is 0.615. The fraction of sp³-hybridized carbons (Fsp3) is 0. The third kappa shape index (κ3) is 3.01. The molecule has 0 spiro atoms. The van der Waals surface area contributed by atoms with E-state index in [4.69, 9.17) is 0 Å². The first-order chi connectivity index (χ1) is 8.25. The molecule has 0 saturated carbocycles. The van der Waals surface area contributed by atoms with Crippen molar-refractivity contribution in [2.24, 2.45) is 0 Å². The molecule has 0 amide bonds. The molecule has 0 aliphatic heterocycles. The summed E-state index contributed by atoms with van der Waals surface area (Å²) in [6, 6.07) is 12.7. The van der Waals surface area contributed by atoms with Crippen LogP contribution < -0.4 is 4.73 Å². The molecule has 0 aliphatic rings. The van der Waals surface area contributed by atoms with E-state index in [-0.39, 0.29) is 5.78 Å². The highest BCUT2D eigenvalue weighted by Crippen LogP contribution is 2.04. The van der Waals surface area contributed by atoms with Gasteiger partial charge in [0.2, 0.25) is 0 Å². The minimum absolute atomic E-state index is 0.181. The quantitative estimate of drug-likeness (QED) is 0.348. The summed E-state index contributed by atoms with van der Waals surface area (Å²) in [5.74, 6) is -0.181. The number of allylic oxidation sites excluding steroid dienone is 1. The van der Waals surface area contributed by atoms with Gasteiger partial charge in [0.15, 0.2) is 18.2 Å². The van der Waals surface area contributed by atoms with Crippen LogP contribution in [0.25, 0.3) is 6.08 Å². The zero-order valence-corrected chi connectivity index (χ0v) is 9.11. The van der Waals surface area contributed by atoms with Gasteiger partial charge in [-0.05, 0) is 17.7 Å². The molecule has 2 rings (SSSR count). The van der Waals surface area contributed by atoms with Gasteiger partial charge < -0.3 is 5.21 Å². The Kier molecular flexibility index (Phi) is 3.31. The molecule has 1 aromatic heterocycles. The molecule has 0 saturated heterocycles.